The largest absolute Gasteiger partial charge is 0.0578 e. The summed E-state index contributed by atoms with van der Waals surface area (Å²) in [6.45, 7) is 27.8. The predicted octanol–water partition coefficient (Wildman–Crippen LogP) is 14.2. The Labute approximate surface area is 280 Å². The molecule has 0 unspecified atom stereocenters. The average Bonchev–Trinajstić information content (AvgIpc) is 2.89. The van der Waals surface area contributed by atoms with Crippen LogP contribution >= 0.6 is 31.9 Å². The molecule has 0 N–H and O–H groups in total. The maximum atomic E-state index is 4.11. The monoisotopic (exact) mass is 708 g/mol. The van der Waals surface area contributed by atoms with Crippen LogP contribution in [0.5, 0.6) is 0 Å². The topological polar surface area (TPSA) is 0 Å². The Hall–Kier alpha value is -2.42. The van der Waals surface area contributed by atoms with E-state index in [2.05, 4.69) is 176 Å². The summed E-state index contributed by atoms with van der Waals surface area (Å²) in [4.78, 5) is 0. The molecule has 0 nitrogen and oxygen atoms in total. The fraction of sp³-hybridized carbons (Fsp3) is 0.381. The second kappa shape index (κ2) is 10.0. The fourth-order valence-electron chi connectivity index (χ4n) is 6.72. The molecule has 44 heavy (non-hydrogen) atoms. The summed E-state index contributed by atoms with van der Waals surface area (Å²) in [6.07, 6.45) is 0. The van der Waals surface area contributed by atoms with E-state index >= 15 is 0 Å². The Morgan fingerprint density at radius 1 is 0.318 bits per heavy atom. The fourth-order valence-corrected chi connectivity index (χ4v) is 8.07. The van der Waals surface area contributed by atoms with Crippen LogP contribution in [0.25, 0.3) is 53.9 Å². The lowest BCUT2D eigenvalue weighted by Gasteiger charge is -2.26. The number of halogens is 2. The molecule has 2 heteroatoms. The van der Waals surface area contributed by atoms with Gasteiger partial charge in [0.2, 0.25) is 0 Å². The molecule has 0 aliphatic heterocycles. The van der Waals surface area contributed by atoms with E-state index < -0.39 is 0 Å². The Kier molecular flexibility index (Phi) is 7.20. The SMILES string of the molecule is CC(C)(C)c1ccc2c(c1)c1c3cc(C(C)(C)C)ccc3c3c(Br)cc(C(C)(C)C)cc3c1c1cc(C(C)(C)C)cc(Br)c21. The molecule has 6 aromatic rings. The molecular weight excluding hydrogens is 664 g/mol. The van der Waals surface area contributed by atoms with Crippen molar-refractivity contribution in [3.8, 4) is 0 Å². The van der Waals surface area contributed by atoms with Crippen molar-refractivity contribution in [1.29, 1.82) is 0 Å². The summed E-state index contributed by atoms with van der Waals surface area (Å²) in [5.74, 6) is 0. The van der Waals surface area contributed by atoms with Crippen LogP contribution in [-0.2, 0) is 21.7 Å². The van der Waals surface area contributed by atoms with Gasteiger partial charge in [-0.25, -0.2) is 0 Å². The van der Waals surface area contributed by atoms with E-state index in [1.165, 1.54) is 76.1 Å². The van der Waals surface area contributed by atoms with Crippen LogP contribution < -0.4 is 0 Å². The van der Waals surface area contributed by atoms with Crippen LogP contribution in [0, 0.1) is 0 Å². The van der Waals surface area contributed by atoms with Gasteiger partial charge in [0.15, 0.2) is 0 Å². The average molecular weight is 711 g/mol. The van der Waals surface area contributed by atoms with Crippen LogP contribution in [0.1, 0.15) is 105 Å². The molecule has 6 rings (SSSR count). The molecule has 0 spiro atoms. The number of hydrogen-bond donors (Lipinski definition) is 0. The molecule has 0 amide bonds. The lowest BCUT2D eigenvalue weighted by molar-refractivity contribution is 0.590. The Morgan fingerprint density at radius 3 is 0.932 bits per heavy atom. The Morgan fingerprint density at radius 2 is 0.614 bits per heavy atom. The Bertz CT molecular complexity index is 2000. The van der Waals surface area contributed by atoms with E-state index in [1.807, 2.05) is 0 Å². The lowest BCUT2D eigenvalue weighted by atomic mass is 9.78. The smallest absolute Gasteiger partial charge is 0.0263 e. The third-order valence-electron chi connectivity index (χ3n) is 9.55. The van der Waals surface area contributed by atoms with E-state index in [9.17, 15) is 0 Å². The first-order chi connectivity index (χ1) is 20.2. The highest BCUT2D eigenvalue weighted by atomic mass is 79.9. The maximum Gasteiger partial charge on any atom is 0.0263 e. The van der Waals surface area contributed by atoms with Gasteiger partial charge in [-0.15, -0.1) is 0 Å². The van der Waals surface area contributed by atoms with Crippen LogP contribution in [0.15, 0.2) is 69.6 Å². The van der Waals surface area contributed by atoms with Crippen molar-refractivity contribution in [3.05, 3.63) is 91.9 Å². The van der Waals surface area contributed by atoms with E-state index in [4.69, 9.17) is 0 Å². The molecule has 0 atom stereocenters. The van der Waals surface area contributed by atoms with Gasteiger partial charge in [0.05, 0.1) is 0 Å². The van der Waals surface area contributed by atoms with Crippen LogP contribution in [0.4, 0.5) is 0 Å². The summed E-state index contributed by atoms with van der Waals surface area (Å²) < 4.78 is 2.33. The second-order valence-electron chi connectivity index (χ2n) is 17.0. The number of benzene rings is 6. The second-order valence-corrected chi connectivity index (χ2v) is 18.7. The molecule has 0 aliphatic rings. The molecule has 0 heterocycles. The highest BCUT2D eigenvalue weighted by Gasteiger charge is 2.26. The molecule has 0 bridgehead atoms. The van der Waals surface area contributed by atoms with Crippen molar-refractivity contribution >= 4 is 85.7 Å². The van der Waals surface area contributed by atoms with E-state index in [1.54, 1.807) is 0 Å². The molecule has 0 saturated carbocycles. The van der Waals surface area contributed by atoms with Crippen molar-refractivity contribution < 1.29 is 0 Å². The van der Waals surface area contributed by atoms with Crippen molar-refractivity contribution in [2.75, 3.05) is 0 Å². The van der Waals surface area contributed by atoms with Gasteiger partial charge in [-0.1, -0.05) is 139 Å². The molecule has 0 aromatic heterocycles. The van der Waals surface area contributed by atoms with Gasteiger partial charge in [0.25, 0.3) is 0 Å². The minimum Gasteiger partial charge on any atom is -0.0578 e. The molecular formula is C42H46Br2. The molecule has 0 saturated heterocycles. The van der Waals surface area contributed by atoms with E-state index in [0.29, 0.717) is 0 Å². The summed E-state index contributed by atoms with van der Waals surface area (Å²) in [6, 6.07) is 24.1. The molecule has 228 valence electrons. The predicted molar refractivity (Wildman–Crippen MR) is 204 cm³/mol. The lowest BCUT2D eigenvalue weighted by Crippen LogP contribution is -2.12. The number of rotatable bonds is 0. The van der Waals surface area contributed by atoms with Gasteiger partial charge in [0.1, 0.15) is 0 Å². The third kappa shape index (κ3) is 5.09. The van der Waals surface area contributed by atoms with Gasteiger partial charge >= 0.3 is 0 Å². The van der Waals surface area contributed by atoms with Gasteiger partial charge in [0, 0.05) is 19.7 Å². The molecule has 0 radical (unpaired) electrons. The summed E-state index contributed by atoms with van der Waals surface area (Å²) in [5.41, 5.74) is 5.49. The summed E-state index contributed by atoms with van der Waals surface area (Å²) in [7, 11) is 0. The zero-order valence-corrected chi connectivity index (χ0v) is 31.7. The van der Waals surface area contributed by atoms with Crippen LogP contribution in [0.3, 0.4) is 0 Å². The maximum absolute atomic E-state index is 4.11. The first kappa shape index (κ1) is 31.6. The van der Waals surface area contributed by atoms with Gasteiger partial charge in [-0.2, -0.15) is 0 Å². The standard InChI is InChI=1S/C42H46Br2/c1-39(2,3)23-13-15-27-29(17-23)37-30-18-24(40(4,5)6)14-16-28(30)36-32(20-26(22-34(36)44)42(10,11)12)38(37)31-19-25(41(7,8)9)21-33(43)35(27)31/h13-22H,1-12H3. The quantitative estimate of drug-likeness (QED) is 0.138. The highest BCUT2D eigenvalue weighted by Crippen LogP contribution is 2.50. The number of fused-ring (bicyclic) bond motifs is 11. The Balaban J connectivity index is 2.06. The third-order valence-corrected chi connectivity index (χ3v) is 10.8. The van der Waals surface area contributed by atoms with Gasteiger partial charge < -0.3 is 0 Å². The van der Waals surface area contributed by atoms with Crippen molar-refractivity contribution in [2.45, 2.75) is 105 Å². The molecule has 6 aromatic carbocycles. The highest BCUT2D eigenvalue weighted by molar-refractivity contribution is 9.11. The van der Waals surface area contributed by atoms with E-state index in [-0.39, 0.29) is 21.7 Å². The normalized spacial score (nSPS) is 13.7. The van der Waals surface area contributed by atoms with Crippen molar-refractivity contribution in [3.63, 3.8) is 0 Å². The zero-order valence-electron chi connectivity index (χ0n) is 28.5. The van der Waals surface area contributed by atoms with Gasteiger partial charge in [-0.05, 0) is 123 Å². The molecule has 0 aliphatic carbocycles. The minimum absolute atomic E-state index is 0.0112. The molecule has 0 fully saturated rings. The van der Waals surface area contributed by atoms with Crippen LogP contribution in [-0.4, -0.2) is 0 Å². The zero-order chi connectivity index (χ0) is 32.3. The van der Waals surface area contributed by atoms with Gasteiger partial charge in [-0.3, -0.25) is 0 Å². The van der Waals surface area contributed by atoms with Crippen LogP contribution in [0.2, 0.25) is 0 Å². The van der Waals surface area contributed by atoms with E-state index in [0.717, 1.165) is 8.95 Å². The summed E-state index contributed by atoms with van der Waals surface area (Å²) in [5, 5.41) is 13.2. The van der Waals surface area contributed by atoms with Crippen molar-refractivity contribution in [1.82, 2.24) is 0 Å². The summed E-state index contributed by atoms with van der Waals surface area (Å²) >= 11 is 8.22. The first-order valence-electron chi connectivity index (χ1n) is 15.9. The number of hydrogen-bond acceptors (Lipinski definition) is 0. The first-order valence-corrected chi connectivity index (χ1v) is 17.5. The van der Waals surface area contributed by atoms with Crippen molar-refractivity contribution in [2.24, 2.45) is 0 Å². The minimum atomic E-state index is 0.0112.